The van der Waals surface area contributed by atoms with Gasteiger partial charge in [-0.1, -0.05) is 6.92 Å². The van der Waals surface area contributed by atoms with Crippen LogP contribution in [0.5, 0.6) is 5.75 Å². The van der Waals surface area contributed by atoms with E-state index in [1.54, 1.807) is 0 Å². The molecule has 170 valence electrons. The van der Waals surface area contributed by atoms with Gasteiger partial charge in [-0.3, -0.25) is 4.79 Å². The Labute approximate surface area is 178 Å². The minimum Gasteiger partial charge on any atom is -0.481 e. The second-order valence-electron chi connectivity index (χ2n) is 6.53. The molecule has 8 nitrogen and oxygen atoms in total. The number of hydrogen-bond donors (Lipinski definition) is 5. The zero-order valence-electron chi connectivity index (χ0n) is 16.5. The molecule has 2 rings (SSSR count). The maximum Gasteiger partial charge on any atom is 0.306 e. The maximum absolute atomic E-state index is 13.1. The van der Waals surface area contributed by atoms with Crippen LogP contribution in [0.4, 0.5) is 18.9 Å². The number of aryl methyl sites for hydroxylation is 1. The molecule has 1 amide bonds. The Balaban J connectivity index is 0.000000311. The van der Waals surface area contributed by atoms with E-state index >= 15 is 0 Å². The molecule has 0 saturated heterocycles. The van der Waals surface area contributed by atoms with Crippen molar-refractivity contribution in [2.24, 2.45) is 5.92 Å². The van der Waals surface area contributed by atoms with Crippen LogP contribution in [0.15, 0.2) is 30.3 Å². The molecule has 0 saturated carbocycles. The number of amides is 1. The smallest absolute Gasteiger partial charge is 0.306 e. The zero-order valence-corrected chi connectivity index (χ0v) is 18.3. The first kappa shape index (κ1) is 26.3. The van der Waals surface area contributed by atoms with E-state index in [0.29, 0.717) is 6.07 Å². The molecule has 2 aromatic carbocycles. The Hall–Kier alpha value is -2.75. The molecule has 0 heterocycles. The van der Waals surface area contributed by atoms with Crippen LogP contribution in [0, 0.1) is 23.4 Å². The van der Waals surface area contributed by atoms with Gasteiger partial charge in [0.25, 0.3) is 0 Å². The SMILES string of the molecule is CC(=O)Nc1cccc([As](=O)(O)O)c1O.CC(CCc1cc(F)c(F)cc1F)C(=O)O. The molecule has 0 fully saturated rings. The summed E-state index contributed by atoms with van der Waals surface area (Å²) in [6.07, 6.45) is 0.244. The molecule has 0 bridgehead atoms. The third-order valence-corrected chi connectivity index (χ3v) is 6.07. The number of rotatable bonds is 6. The summed E-state index contributed by atoms with van der Waals surface area (Å²) in [4.78, 5) is 21.2. The summed E-state index contributed by atoms with van der Waals surface area (Å²) >= 11 is -5.15. The van der Waals surface area contributed by atoms with E-state index in [9.17, 15) is 31.6 Å². The maximum atomic E-state index is 13.1. The van der Waals surface area contributed by atoms with Crippen LogP contribution in [-0.4, -0.2) is 44.5 Å². The normalized spacial score (nSPS) is 11.8. The predicted molar refractivity (Wildman–Crippen MR) is 104 cm³/mol. The van der Waals surface area contributed by atoms with Crippen LogP contribution < -0.4 is 9.67 Å². The molecule has 5 N–H and O–H groups in total. The van der Waals surface area contributed by atoms with Crippen molar-refractivity contribution < 1.29 is 44.9 Å². The van der Waals surface area contributed by atoms with Gasteiger partial charge in [-0.2, -0.15) is 0 Å². The van der Waals surface area contributed by atoms with E-state index in [0.717, 1.165) is 12.1 Å². The van der Waals surface area contributed by atoms with Crippen molar-refractivity contribution >= 4 is 36.1 Å². The summed E-state index contributed by atoms with van der Waals surface area (Å²) in [5, 5.41) is 20.3. The molecule has 0 aliphatic heterocycles. The topological polar surface area (TPSA) is 144 Å². The predicted octanol–water partition coefficient (Wildman–Crippen LogP) is 1.67. The number of benzene rings is 2. The Kier molecular flexibility index (Phi) is 9.36. The minimum absolute atomic E-state index is 0.00741. The third-order valence-electron chi connectivity index (χ3n) is 4.00. The molecule has 1 atom stereocenters. The first-order chi connectivity index (χ1) is 14.2. The number of aliphatic carboxylic acids is 1. The molecule has 31 heavy (non-hydrogen) atoms. The van der Waals surface area contributed by atoms with Gasteiger partial charge in [-0.05, 0) is 24.5 Å². The van der Waals surface area contributed by atoms with Gasteiger partial charge < -0.3 is 5.11 Å². The summed E-state index contributed by atoms with van der Waals surface area (Å²) in [6, 6.07) is 5.06. The van der Waals surface area contributed by atoms with E-state index in [2.05, 4.69) is 5.32 Å². The van der Waals surface area contributed by atoms with Gasteiger partial charge in [0.15, 0.2) is 11.6 Å². The second kappa shape index (κ2) is 11.0. The van der Waals surface area contributed by atoms with Gasteiger partial charge in [0.05, 0.1) is 5.92 Å². The number of para-hydroxylation sites is 1. The Morgan fingerprint density at radius 1 is 1.10 bits per heavy atom. The van der Waals surface area contributed by atoms with Crippen LogP contribution in [0.2, 0.25) is 0 Å². The van der Waals surface area contributed by atoms with Crippen molar-refractivity contribution in [2.45, 2.75) is 26.7 Å². The molecule has 0 aromatic heterocycles. The van der Waals surface area contributed by atoms with Crippen molar-refractivity contribution in [2.75, 3.05) is 5.32 Å². The molecule has 12 heteroatoms. The second-order valence-corrected chi connectivity index (χ2v) is 9.83. The van der Waals surface area contributed by atoms with Crippen LogP contribution in [0.3, 0.4) is 0 Å². The molecule has 0 radical (unpaired) electrons. The number of phenols is 1. The number of anilines is 1. The van der Waals surface area contributed by atoms with Crippen molar-refractivity contribution in [3.05, 3.63) is 53.3 Å². The number of halogens is 3. The van der Waals surface area contributed by atoms with E-state index in [1.807, 2.05) is 0 Å². The molecule has 0 spiro atoms. The van der Waals surface area contributed by atoms with Crippen LogP contribution >= 0.6 is 0 Å². The van der Waals surface area contributed by atoms with Gasteiger partial charge in [-0.15, -0.1) is 0 Å². The van der Waals surface area contributed by atoms with Gasteiger partial charge in [0.2, 0.25) is 0 Å². The fourth-order valence-electron chi connectivity index (χ4n) is 2.31. The number of carboxylic acids is 1. The standard InChI is InChI=1S/C11H11F3O2.C8H10AsNO5/c1-6(11(15)16)2-3-7-4-9(13)10(14)5-8(7)12;1-5(11)10-7-4-2-3-6(8(7)12)9(13,14)15/h4-6H,2-3H2,1H3,(H,15,16);2-4,12H,1H3,(H,10,11)(H2,13,14,15). The van der Waals surface area contributed by atoms with Crippen molar-refractivity contribution in [1.82, 2.24) is 0 Å². The first-order valence-corrected chi connectivity index (χ1v) is 12.1. The number of hydrogen-bond acceptors (Lipinski definition) is 4. The van der Waals surface area contributed by atoms with Gasteiger partial charge >= 0.3 is 94.1 Å². The summed E-state index contributed by atoms with van der Waals surface area (Å²) in [5.74, 6) is -5.88. The van der Waals surface area contributed by atoms with Crippen LogP contribution in [0.25, 0.3) is 0 Å². The first-order valence-electron chi connectivity index (χ1n) is 8.76. The summed E-state index contributed by atoms with van der Waals surface area (Å²) in [5.41, 5.74) is -0.0169. The quantitative estimate of drug-likeness (QED) is 0.227. The molecular weight excluding hydrogens is 486 g/mol. The largest absolute Gasteiger partial charge is 0.481 e. The van der Waals surface area contributed by atoms with E-state index in [1.165, 1.54) is 26.0 Å². The van der Waals surface area contributed by atoms with Gasteiger partial charge in [0.1, 0.15) is 5.82 Å². The average molecular weight is 507 g/mol. The summed E-state index contributed by atoms with van der Waals surface area (Å²) in [6.45, 7) is 2.70. The van der Waals surface area contributed by atoms with Crippen LogP contribution in [0.1, 0.15) is 25.8 Å². The average Bonchev–Trinajstić information content (AvgIpc) is 2.64. The number of aromatic hydroxyl groups is 1. The Morgan fingerprint density at radius 3 is 2.19 bits per heavy atom. The zero-order chi connectivity index (χ0) is 23.9. The van der Waals surface area contributed by atoms with E-state index < -0.39 is 59.5 Å². The monoisotopic (exact) mass is 507 g/mol. The number of carbonyl (C=O) groups excluding carboxylic acids is 1. The van der Waals surface area contributed by atoms with Gasteiger partial charge in [-0.25, -0.2) is 13.2 Å². The van der Waals surface area contributed by atoms with Crippen molar-refractivity contribution in [3.8, 4) is 5.75 Å². The molecular formula is C19H21AsF3NO7. The molecule has 1 unspecified atom stereocenters. The number of phenolic OH excluding ortho intramolecular Hbond substituents is 1. The minimum atomic E-state index is -5.15. The van der Waals surface area contributed by atoms with E-state index in [-0.39, 0.29) is 24.1 Å². The fourth-order valence-corrected chi connectivity index (χ4v) is 3.73. The van der Waals surface area contributed by atoms with E-state index in [4.69, 9.17) is 13.3 Å². The molecule has 0 aliphatic carbocycles. The van der Waals surface area contributed by atoms with Crippen molar-refractivity contribution in [3.63, 3.8) is 0 Å². The van der Waals surface area contributed by atoms with Crippen LogP contribution in [-0.2, 0) is 19.7 Å². The number of carboxylic acid groups (broad SMARTS) is 1. The Bertz CT molecular complexity index is 1010. The van der Waals surface area contributed by atoms with Gasteiger partial charge in [0, 0.05) is 6.07 Å². The Morgan fingerprint density at radius 2 is 1.68 bits per heavy atom. The third kappa shape index (κ3) is 8.12. The molecule has 2 aromatic rings. The molecule has 0 aliphatic rings. The fraction of sp³-hybridized carbons (Fsp3) is 0.263. The van der Waals surface area contributed by atoms with Crippen molar-refractivity contribution in [1.29, 1.82) is 0 Å². The number of nitrogens with one attached hydrogen (secondary N) is 1. The summed E-state index contributed by atoms with van der Waals surface area (Å²) in [7, 11) is 0. The summed E-state index contributed by atoms with van der Waals surface area (Å²) < 4.78 is 66.9. The number of carbonyl (C=O) groups is 2.